The fraction of sp³-hybridized carbons (Fsp3) is 0.429. The van der Waals surface area contributed by atoms with Gasteiger partial charge in [-0.1, -0.05) is 18.2 Å². The number of benzene rings is 1. The van der Waals surface area contributed by atoms with E-state index in [9.17, 15) is 0 Å². The molecule has 1 heterocycles. The molecule has 1 unspecified atom stereocenters. The summed E-state index contributed by atoms with van der Waals surface area (Å²) < 4.78 is 5.48. The van der Waals surface area contributed by atoms with Crippen molar-refractivity contribution in [2.75, 3.05) is 13.2 Å². The van der Waals surface area contributed by atoms with Crippen molar-refractivity contribution in [3.05, 3.63) is 36.0 Å². The number of hydrogen-bond donors (Lipinski definition) is 2. The first kappa shape index (κ1) is 12.1. The smallest absolute Gasteiger partial charge is 0.0671 e. The number of para-hydroxylation sites is 1. The van der Waals surface area contributed by atoms with Crippen LogP contribution in [0.4, 0.5) is 0 Å². The van der Waals surface area contributed by atoms with Gasteiger partial charge < -0.3 is 15.0 Å². The molecule has 0 spiro atoms. The molecule has 0 aliphatic rings. The number of H-pyrrole nitrogens is 1. The molecule has 0 amide bonds. The van der Waals surface area contributed by atoms with E-state index in [4.69, 9.17) is 4.74 Å². The maximum Gasteiger partial charge on any atom is 0.0671 e. The summed E-state index contributed by atoms with van der Waals surface area (Å²) in [6.07, 6.45) is 2.25. The molecular weight excluding hydrogens is 212 g/mol. The van der Waals surface area contributed by atoms with Gasteiger partial charge >= 0.3 is 0 Å². The van der Waals surface area contributed by atoms with Gasteiger partial charge in [0.25, 0.3) is 0 Å². The highest BCUT2D eigenvalue weighted by Gasteiger charge is 2.03. The standard InChI is InChI=1S/C14H20N2O/c1-3-17-11(2)9-15-10-13-6-4-5-12-7-8-16-14(12)13/h4-8,11,15-16H,3,9-10H2,1-2H3. The fourth-order valence-electron chi connectivity index (χ4n) is 2.05. The Bertz CT molecular complexity index is 464. The minimum atomic E-state index is 0.267. The summed E-state index contributed by atoms with van der Waals surface area (Å²) in [6.45, 7) is 6.64. The molecule has 0 fully saturated rings. The summed E-state index contributed by atoms with van der Waals surface area (Å²) in [5.74, 6) is 0. The van der Waals surface area contributed by atoms with E-state index in [1.807, 2.05) is 13.1 Å². The lowest BCUT2D eigenvalue weighted by Crippen LogP contribution is -2.26. The number of aromatic nitrogens is 1. The molecule has 3 heteroatoms. The number of nitrogens with one attached hydrogen (secondary N) is 2. The first-order valence-corrected chi connectivity index (χ1v) is 6.18. The molecule has 1 atom stereocenters. The Morgan fingerprint density at radius 3 is 3.06 bits per heavy atom. The van der Waals surface area contributed by atoms with Gasteiger partial charge in [-0.25, -0.2) is 0 Å². The minimum Gasteiger partial charge on any atom is -0.377 e. The maximum atomic E-state index is 5.48. The van der Waals surface area contributed by atoms with E-state index in [0.29, 0.717) is 0 Å². The topological polar surface area (TPSA) is 37.0 Å². The molecule has 17 heavy (non-hydrogen) atoms. The molecule has 2 rings (SSSR count). The molecule has 0 radical (unpaired) electrons. The van der Waals surface area contributed by atoms with Gasteiger partial charge in [-0.2, -0.15) is 0 Å². The minimum absolute atomic E-state index is 0.267. The average molecular weight is 232 g/mol. The number of ether oxygens (including phenoxy) is 1. The fourth-order valence-corrected chi connectivity index (χ4v) is 2.05. The highest BCUT2D eigenvalue weighted by Crippen LogP contribution is 2.16. The first-order valence-electron chi connectivity index (χ1n) is 6.18. The summed E-state index contributed by atoms with van der Waals surface area (Å²) in [6, 6.07) is 8.47. The predicted octanol–water partition coefficient (Wildman–Crippen LogP) is 2.68. The molecule has 0 saturated heterocycles. The van der Waals surface area contributed by atoms with Crippen molar-refractivity contribution in [2.24, 2.45) is 0 Å². The summed E-state index contributed by atoms with van der Waals surface area (Å²) in [7, 11) is 0. The monoisotopic (exact) mass is 232 g/mol. The lowest BCUT2D eigenvalue weighted by atomic mass is 10.1. The van der Waals surface area contributed by atoms with E-state index >= 15 is 0 Å². The van der Waals surface area contributed by atoms with Crippen molar-refractivity contribution >= 4 is 10.9 Å². The van der Waals surface area contributed by atoms with Gasteiger partial charge in [0.1, 0.15) is 0 Å². The third-order valence-corrected chi connectivity index (χ3v) is 2.87. The second-order valence-electron chi connectivity index (χ2n) is 4.26. The summed E-state index contributed by atoms with van der Waals surface area (Å²) >= 11 is 0. The molecule has 0 saturated carbocycles. The van der Waals surface area contributed by atoms with Crippen LogP contribution >= 0.6 is 0 Å². The van der Waals surface area contributed by atoms with Gasteiger partial charge in [-0.3, -0.25) is 0 Å². The van der Waals surface area contributed by atoms with Crippen LogP contribution in [0.5, 0.6) is 0 Å². The molecule has 92 valence electrons. The van der Waals surface area contributed by atoms with Crippen molar-refractivity contribution in [1.29, 1.82) is 0 Å². The molecular formula is C14H20N2O. The Morgan fingerprint density at radius 2 is 2.24 bits per heavy atom. The Kier molecular flexibility index (Phi) is 4.18. The zero-order valence-corrected chi connectivity index (χ0v) is 10.5. The molecule has 1 aromatic heterocycles. The Morgan fingerprint density at radius 1 is 1.35 bits per heavy atom. The van der Waals surface area contributed by atoms with Crippen molar-refractivity contribution in [1.82, 2.24) is 10.3 Å². The zero-order valence-electron chi connectivity index (χ0n) is 10.5. The van der Waals surface area contributed by atoms with Gasteiger partial charge in [0.15, 0.2) is 0 Å². The van der Waals surface area contributed by atoms with Crippen LogP contribution in [0, 0.1) is 0 Å². The van der Waals surface area contributed by atoms with E-state index in [1.54, 1.807) is 0 Å². The van der Waals surface area contributed by atoms with Gasteiger partial charge in [0.2, 0.25) is 0 Å². The number of fused-ring (bicyclic) bond motifs is 1. The van der Waals surface area contributed by atoms with Crippen LogP contribution in [-0.4, -0.2) is 24.2 Å². The molecule has 0 bridgehead atoms. The van der Waals surface area contributed by atoms with Gasteiger partial charge in [-0.05, 0) is 30.9 Å². The highest BCUT2D eigenvalue weighted by molar-refractivity contribution is 5.82. The van der Waals surface area contributed by atoms with Crippen molar-refractivity contribution < 1.29 is 4.74 Å². The van der Waals surface area contributed by atoms with E-state index in [1.165, 1.54) is 16.5 Å². The van der Waals surface area contributed by atoms with Crippen LogP contribution in [0.15, 0.2) is 30.5 Å². The van der Waals surface area contributed by atoms with E-state index < -0.39 is 0 Å². The van der Waals surface area contributed by atoms with Crippen LogP contribution < -0.4 is 5.32 Å². The molecule has 2 aromatic rings. The molecule has 0 aliphatic heterocycles. The van der Waals surface area contributed by atoms with E-state index in [0.717, 1.165) is 19.7 Å². The van der Waals surface area contributed by atoms with Gasteiger partial charge in [-0.15, -0.1) is 0 Å². The largest absolute Gasteiger partial charge is 0.377 e. The van der Waals surface area contributed by atoms with E-state index in [-0.39, 0.29) is 6.10 Å². The number of hydrogen-bond acceptors (Lipinski definition) is 2. The van der Waals surface area contributed by atoms with E-state index in [2.05, 4.69) is 41.5 Å². The Labute approximate surface area is 102 Å². The maximum absolute atomic E-state index is 5.48. The Hall–Kier alpha value is -1.32. The third kappa shape index (κ3) is 3.08. The molecule has 3 nitrogen and oxygen atoms in total. The first-order chi connectivity index (χ1) is 8.31. The number of rotatable bonds is 6. The van der Waals surface area contributed by atoms with Crippen LogP contribution in [0.25, 0.3) is 10.9 Å². The average Bonchev–Trinajstić information content (AvgIpc) is 2.78. The zero-order chi connectivity index (χ0) is 12.1. The predicted molar refractivity (Wildman–Crippen MR) is 71.1 cm³/mol. The van der Waals surface area contributed by atoms with Crippen molar-refractivity contribution in [3.63, 3.8) is 0 Å². The van der Waals surface area contributed by atoms with Crippen LogP contribution in [0.2, 0.25) is 0 Å². The summed E-state index contributed by atoms with van der Waals surface area (Å²) in [5.41, 5.74) is 2.53. The third-order valence-electron chi connectivity index (χ3n) is 2.87. The normalized spacial score (nSPS) is 13.1. The second kappa shape index (κ2) is 5.84. The van der Waals surface area contributed by atoms with Crippen molar-refractivity contribution in [2.45, 2.75) is 26.5 Å². The molecule has 2 N–H and O–H groups in total. The lowest BCUT2D eigenvalue weighted by Gasteiger charge is -2.12. The van der Waals surface area contributed by atoms with Crippen LogP contribution in [-0.2, 0) is 11.3 Å². The van der Waals surface area contributed by atoms with Crippen LogP contribution in [0.3, 0.4) is 0 Å². The van der Waals surface area contributed by atoms with Crippen LogP contribution in [0.1, 0.15) is 19.4 Å². The lowest BCUT2D eigenvalue weighted by molar-refractivity contribution is 0.0759. The summed E-state index contributed by atoms with van der Waals surface area (Å²) in [4.78, 5) is 3.28. The molecule has 1 aromatic carbocycles. The van der Waals surface area contributed by atoms with Gasteiger partial charge in [0, 0.05) is 31.4 Å². The van der Waals surface area contributed by atoms with Gasteiger partial charge in [0.05, 0.1) is 6.10 Å². The highest BCUT2D eigenvalue weighted by atomic mass is 16.5. The summed E-state index contributed by atoms with van der Waals surface area (Å²) in [5, 5.41) is 4.69. The SMILES string of the molecule is CCOC(C)CNCc1cccc2cc[nH]c12. The molecule has 0 aliphatic carbocycles. The second-order valence-corrected chi connectivity index (χ2v) is 4.26. The van der Waals surface area contributed by atoms with Crippen molar-refractivity contribution in [3.8, 4) is 0 Å². The number of aromatic amines is 1. The quantitative estimate of drug-likeness (QED) is 0.803. The Balaban J connectivity index is 1.92.